The van der Waals surface area contributed by atoms with E-state index < -0.39 is 22.8 Å². The Hall–Kier alpha value is -3.60. The number of hydrogen-bond donors (Lipinski definition) is 1. The Morgan fingerprint density at radius 2 is 1.95 bits per heavy atom. The molecule has 2 aromatic heterocycles. The number of benzene rings is 1. The highest BCUT2D eigenvalue weighted by atomic mass is 32.1. The molecule has 0 saturated heterocycles. The van der Waals surface area contributed by atoms with Crippen LogP contribution in [0.1, 0.15) is 61.6 Å². The summed E-state index contributed by atoms with van der Waals surface area (Å²) in [6, 6.07) is 5.73. The minimum Gasteiger partial charge on any atom is -0.487 e. The quantitative estimate of drug-likeness (QED) is 0.419. The molecular formula is C26H29FN4O5S. The fourth-order valence-corrected chi connectivity index (χ4v) is 5.08. The highest BCUT2D eigenvalue weighted by Gasteiger charge is 2.47. The molecule has 0 spiro atoms. The van der Waals surface area contributed by atoms with Crippen LogP contribution in [-0.4, -0.2) is 55.8 Å². The number of carboxylic acids is 1. The average Bonchev–Trinajstić information content (AvgIpc) is 3.31. The van der Waals surface area contributed by atoms with Crippen LogP contribution in [0.3, 0.4) is 0 Å². The molecule has 3 heterocycles. The van der Waals surface area contributed by atoms with Gasteiger partial charge < -0.3 is 19.3 Å². The van der Waals surface area contributed by atoms with Gasteiger partial charge >= 0.3 is 5.97 Å². The first kappa shape index (κ1) is 26.5. The smallest absolute Gasteiger partial charge is 0.331 e. The number of ether oxygens (including phenoxy) is 1. The molecule has 11 heteroatoms. The van der Waals surface area contributed by atoms with E-state index in [4.69, 9.17) is 4.74 Å². The van der Waals surface area contributed by atoms with E-state index in [1.807, 2.05) is 6.92 Å². The fraction of sp³-hybridized carbons (Fsp3) is 0.423. The summed E-state index contributed by atoms with van der Waals surface area (Å²) < 4.78 is 20.5. The normalized spacial score (nSPS) is 17.2. The van der Waals surface area contributed by atoms with Gasteiger partial charge in [0, 0.05) is 18.7 Å². The number of fused-ring (bicyclic) bond motifs is 1. The maximum atomic E-state index is 13.7. The fourth-order valence-electron chi connectivity index (χ4n) is 4.20. The van der Waals surface area contributed by atoms with Gasteiger partial charge in [0.05, 0.1) is 18.7 Å². The molecule has 1 atom stereocenters. The largest absolute Gasteiger partial charge is 0.487 e. The molecule has 0 saturated carbocycles. The number of amides is 1. The molecule has 1 amide bonds. The SMILES string of the molecule is CCCCOc1c2n(cc(-c3nnc(Cc4ccc(F)cc4)s3)c1=O)[C@@](C)(C(=O)O)CN(C(C)C)C2=O. The number of rotatable bonds is 9. The van der Waals surface area contributed by atoms with Gasteiger partial charge in [0.25, 0.3) is 5.91 Å². The number of pyridine rings is 1. The van der Waals surface area contributed by atoms with Crippen LogP contribution in [0, 0.1) is 5.82 Å². The van der Waals surface area contributed by atoms with Crippen LogP contribution in [0.15, 0.2) is 35.3 Å². The highest BCUT2D eigenvalue weighted by molar-refractivity contribution is 7.14. The Morgan fingerprint density at radius 3 is 2.57 bits per heavy atom. The van der Waals surface area contributed by atoms with Crippen molar-refractivity contribution in [3.05, 3.63) is 62.8 Å². The first-order valence-corrected chi connectivity index (χ1v) is 12.9. The Labute approximate surface area is 217 Å². The van der Waals surface area contributed by atoms with Crippen LogP contribution in [0.5, 0.6) is 5.75 Å². The summed E-state index contributed by atoms with van der Waals surface area (Å²) in [7, 11) is 0. The third-order valence-corrected chi connectivity index (χ3v) is 7.39. The molecule has 1 aliphatic heterocycles. The van der Waals surface area contributed by atoms with Crippen molar-refractivity contribution in [3.63, 3.8) is 0 Å². The molecule has 1 aromatic carbocycles. The van der Waals surface area contributed by atoms with Crippen LogP contribution in [0.4, 0.5) is 4.39 Å². The standard InChI is InChI=1S/C26H29FN4O5S/c1-5-6-11-36-22-20-24(33)30(15(2)3)14-26(4,25(34)35)31(20)13-18(21(22)32)23-29-28-19(37-23)12-16-7-9-17(27)10-8-16/h7-10,13,15H,5-6,11-12,14H2,1-4H3,(H,34,35)/t26-/m1/s1. The van der Waals surface area contributed by atoms with Gasteiger partial charge in [-0.2, -0.15) is 0 Å². The van der Waals surface area contributed by atoms with Gasteiger partial charge in [0.15, 0.2) is 22.0 Å². The highest BCUT2D eigenvalue weighted by Crippen LogP contribution is 2.35. The van der Waals surface area contributed by atoms with Gasteiger partial charge in [-0.1, -0.05) is 36.8 Å². The summed E-state index contributed by atoms with van der Waals surface area (Å²) in [6.45, 7) is 7.21. The first-order chi connectivity index (χ1) is 17.6. The van der Waals surface area contributed by atoms with E-state index in [0.717, 1.165) is 12.0 Å². The number of aliphatic carboxylic acids is 1. The van der Waals surface area contributed by atoms with Crippen LogP contribution < -0.4 is 10.2 Å². The zero-order valence-electron chi connectivity index (χ0n) is 21.2. The van der Waals surface area contributed by atoms with Crippen molar-refractivity contribution in [1.29, 1.82) is 0 Å². The topological polar surface area (TPSA) is 115 Å². The molecule has 196 valence electrons. The molecule has 0 fully saturated rings. The van der Waals surface area contributed by atoms with Gasteiger partial charge in [-0.05, 0) is 44.9 Å². The van der Waals surface area contributed by atoms with Crippen LogP contribution in [0.25, 0.3) is 10.6 Å². The van der Waals surface area contributed by atoms with Crippen molar-refractivity contribution in [2.45, 2.75) is 58.5 Å². The van der Waals surface area contributed by atoms with Crippen LogP contribution >= 0.6 is 11.3 Å². The van der Waals surface area contributed by atoms with Crippen molar-refractivity contribution in [3.8, 4) is 16.3 Å². The molecule has 37 heavy (non-hydrogen) atoms. The van der Waals surface area contributed by atoms with Gasteiger partial charge in [-0.15, -0.1) is 10.2 Å². The van der Waals surface area contributed by atoms with Gasteiger partial charge in [-0.25, -0.2) is 9.18 Å². The molecule has 1 N–H and O–H groups in total. The summed E-state index contributed by atoms with van der Waals surface area (Å²) in [5.41, 5.74) is -1.23. The lowest BCUT2D eigenvalue weighted by Crippen LogP contribution is -2.58. The lowest BCUT2D eigenvalue weighted by atomic mass is 9.94. The second-order valence-corrected chi connectivity index (χ2v) is 10.6. The third kappa shape index (κ3) is 5.00. The molecule has 4 rings (SSSR count). The zero-order valence-corrected chi connectivity index (χ0v) is 22.0. The summed E-state index contributed by atoms with van der Waals surface area (Å²) >= 11 is 1.17. The van der Waals surface area contributed by atoms with E-state index in [1.165, 1.54) is 46.1 Å². The number of carboxylic acid groups (broad SMARTS) is 1. The number of unbranched alkanes of at least 4 members (excludes halogenated alkanes) is 1. The maximum Gasteiger partial charge on any atom is 0.331 e. The Morgan fingerprint density at radius 1 is 1.24 bits per heavy atom. The van der Waals surface area contributed by atoms with E-state index in [2.05, 4.69) is 10.2 Å². The lowest BCUT2D eigenvalue weighted by molar-refractivity contribution is -0.148. The second kappa shape index (κ2) is 10.4. The van der Waals surface area contributed by atoms with Crippen molar-refractivity contribution < 1.29 is 23.8 Å². The molecule has 0 bridgehead atoms. The summed E-state index contributed by atoms with van der Waals surface area (Å²) in [6.07, 6.45) is 3.24. The van der Waals surface area contributed by atoms with E-state index in [9.17, 15) is 23.9 Å². The first-order valence-electron chi connectivity index (χ1n) is 12.1. The summed E-state index contributed by atoms with van der Waals surface area (Å²) in [5.74, 6) is -2.12. The van der Waals surface area contributed by atoms with Crippen LogP contribution in [-0.2, 0) is 16.8 Å². The van der Waals surface area contributed by atoms with Crippen molar-refractivity contribution in [2.24, 2.45) is 0 Å². The molecule has 9 nitrogen and oxygen atoms in total. The molecule has 3 aromatic rings. The maximum absolute atomic E-state index is 13.7. The number of carbonyl (C=O) groups excluding carboxylic acids is 1. The molecule has 0 unspecified atom stereocenters. The second-order valence-electron chi connectivity index (χ2n) is 9.53. The zero-order chi connectivity index (χ0) is 26.9. The number of carbonyl (C=O) groups is 2. The minimum absolute atomic E-state index is 0.0749. The van der Waals surface area contributed by atoms with Gasteiger partial charge in [-0.3, -0.25) is 9.59 Å². The van der Waals surface area contributed by atoms with Crippen molar-refractivity contribution in [1.82, 2.24) is 19.7 Å². The van der Waals surface area contributed by atoms with Crippen LogP contribution in [0.2, 0.25) is 0 Å². The van der Waals surface area contributed by atoms with Gasteiger partial charge in [0.2, 0.25) is 5.43 Å². The summed E-state index contributed by atoms with van der Waals surface area (Å²) in [5, 5.41) is 19.5. The van der Waals surface area contributed by atoms with E-state index in [1.54, 1.807) is 26.0 Å². The lowest BCUT2D eigenvalue weighted by Gasteiger charge is -2.43. The Balaban J connectivity index is 1.86. The average molecular weight is 529 g/mol. The van der Waals surface area contributed by atoms with Crippen molar-refractivity contribution >= 4 is 23.2 Å². The predicted octanol–water partition coefficient (Wildman–Crippen LogP) is 3.94. The number of aromatic nitrogens is 3. The molecule has 1 aliphatic rings. The number of halogens is 1. The molecular weight excluding hydrogens is 499 g/mol. The Kier molecular flexibility index (Phi) is 7.44. The van der Waals surface area contributed by atoms with Gasteiger partial charge in [0.1, 0.15) is 10.8 Å². The number of hydrogen-bond acceptors (Lipinski definition) is 7. The monoisotopic (exact) mass is 528 g/mol. The molecule has 0 aliphatic carbocycles. The van der Waals surface area contributed by atoms with E-state index in [0.29, 0.717) is 17.8 Å². The summed E-state index contributed by atoms with van der Waals surface area (Å²) in [4.78, 5) is 41.1. The predicted molar refractivity (Wildman–Crippen MR) is 137 cm³/mol. The van der Waals surface area contributed by atoms with E-state index in [-0.39, 0.29) is 47.0 Å². The molecule has 0 radical (unpaired) electrons. The van der Waals surface area contributed by atoms with E-state index >= 15 is 0 Å². The van der Waals surface area contributed by atoms with Crippen molar-refractivity contribution in [2.75, 3.05) is 13.2 Å². The third-order valence-electron chi connectivity index (χ3n) is 6.43. The Bertz CT molecular complexity index is 1380. The number of nitrogens with zero attached hydrogens (tertiary/aromatic N) is 4. The minimum atomic E-state index is -1.54.